The van der Waals surface area contributed by atoms with E-state index in [9.17, 15) is 5.11 Å². The number of halogens is 1. The summed E-state index contributed by atoms with van der Waals surface area (Å²) in [6, 6.07) is 7.20. The number of hydrogen-bond acceptors (Lipinski definition) is 3. The van der Waals surface area contributed by atoms with Gasteiger partial charge >= 0.3 is 0 Å². The Morgan fingerprint density at radius 2 is 2.06 bits per heavy atom. The lowest BCUT2D eigenvalue weighted by molar-refractivity contribution is 0.213. The summed E-state index contributed by atoms with van der Waals surface area (Å²) in [7, 11) is 3.33. The molecule has 1 heterocycles. The highest BCUT2D eigenvalue weighted by molar-refractivity contribution is 6.31. The van der Waals surface area contributed by atoms with E-state index in [1.54, 1.807) is 31.0 Å². The normalized spacial score (nSPS) is 12.5. The van der Waals surface area contributed by atoms with Crippen molar-refractivity contribution >= 4 is 11.6 Å². The van der Waals surface area contributed by atoms with Crippen LogP contribution >= 0.6 is 11.6 Å². The van der Waals surface area contributed by atoms with E-state index >= 15 is 0 Å². The van der Waals surface area contributed by atoms with Gasteiger partial charge in [0.05, 0.1) is 18.4 Å². The molecule has 0 aliphatic heterocycles. The van der Waals surface area contributed by atoms with Crippen molar-refractivity contribution in [3.05, 3.63) is 46.1 Å². The number of ether oxygens (including phenoxy) is 1. The first-order valence-electron chi connectivity index (χ1n) is 5.56. The molecule has 0 amide bonds. The van der Waals surface area contributed by atoms with Gasteiger partial charge in [-0.2, -0.15) is 5.10 Å². The van der Waals surface area contributed by atoms with Gasteiger partial charge in [-0.15, -0.1) is 0 Å². The number of aliphatic hydroxyl groups is 1. The molecule has 1 atom stereocenters. The van der Waals surface area contributed by atoms with E-state index in [1.807, 2.05) is 19.1 Å². The van der Waals surface area contributed by atoms with Gasteiger partial charge in [-0.3, -0.25) is 0 Å². The fourth-order valence-electron chi connectivity index (χ4n) is 2.06. The van der Waals surface area contributed by atoms with Gasteiger partial charge in [0.1, 0.15) is 6.10 Å². The maximum atomic E-state index is 10.5. The Balaban J connectivity index is 2.53. The van der Waals surface area contributed by atoms with Crippen LogP contribution in [0.2, 0.25) is 5.02 Å². The van der Waals surface area contributed by atoms with Crippen molar-refractivity contribution in [1.29, 1.82) is 0 Å². The maximum Gasteiger partial charge on any atom is 0.217 e. The zero-order valence-electron chi connectivity index (χ0n) is 10.5. The van der Waals surface area contributed by atoms with Gasteiger partial charge in [-0.1, -0.05) is 29.8 Å². The first kappa shape index (κ1) is 12.9. The minimum Gasteiger partial charge on any atom is -0.481 e. The van der Waals surface area contributed by atoms with Crippen molar-refractivity contribution in [2.45, 2.75) is 13.0 Å². The van der Waals surface area contributed by atoms with E-state index in [1.165, 1.54) is 0 Å². The van der Waals surface area contributed by atoms with Crippen LogP contribution in [0.3, 0.4) is 0 Å². The van der Waals surface area contributed by atoms with Gasteiger partial charge in [0.25, 0.3) is 0 Å². The second-order valence-electron chi connectivity index (χ2n) is 4.06. The third kappa shape index (κ3) is 2.09. The molecule has 0 aliphatic carbocycles. The largest absolute Gasteiger partial charge is 0.481 e. The van der Waals surface area contributed by atoms with Crippen LogP contribution in [0.5, 0.6) is 5.88 Å². The van der Waals surface area contributed by atoms with Crippen LogP contribution in [0.25, 0.3) is 0 Å². The molecule has 1 aromatic carbocycles. The number of aryl methyl sites for hydroxylation is 2. The molecule has 1 unspecified atom stereocenters. The number of benzene rings is 1. The molecule has 5 heteroatoms. The molecule has 0 aliphatic rings. The smallest absolute Gasteiger partial charge is 0.217 e. The van der Waals surface area contributed by atoms with Crippen LogP contribution in [0.15, 0.2) is 24.3 Å². The Labute approximate surface area is 111 Å². The molecule has 96 valence electrons. The molecular weight excluding hydrogens is 252 g/mol. The minimum absolute atomic E-state index is 0.523. The minimum atomic E-state index is -0.845. The summed E-state index contributed by atoms with van der Waals surface area (Å²) in [5.41, 5.74) is 2.02. The Bertz CT molecular complexity index is 566. The molecule has 18 heavy (non-hydrogen) atoms. The Kier molecular flexibility index (Phi) is 3.59. The molecule has 0 spiro atoms. The average molecular weight is 267 g/mol. The summed E-state index contributed by atoms with van der Waals surface area (Å²) in [4.78, 5) is 0. The maximum absolute atomic E-state index is 10.5. The zero-order valence-corrected chi connectivity index (χ0v) is 11.3. The standard InChI is InChI=1S/C13H15ClN2O2/c1-8-11(13(18-3)16(2)15-8)12(17)9-6-4-5-7-10(9)14/h4-7,12,17H,1-3H3. The number of hydrogen-bond donors (Lipinski definition) is 1. The van der Waals surface area contributed by atoms with E-state index in [0.29, 0.717) is 22.0 Å². The topological polar surface area (TPSA) is 47.3 Å². The molecule has 4 nitrogen and oxygen atoms in total. The Hall–Kier alpha value is -1.52. The van der Waals surface area contributed by atoms with Crippen molar-refractivity contribution in [2.24, 2.45) is 7.05 Å². The fraction of sp³-hybridized carbons (Fsp3) is 0.308. The molecular formula is C13H15ClN2O2. The predicted octanol–water partition coefficient (Wildman–Crippen LogP) is 2.47. The number of rotatable bonds is 3. The van der Waals surface area contributed by atoms with Gasteiger partial charge in [0.15, 0.2) is 0 Å². The van der Waals surface area contributed by atoms with Gasteiger partial charge in [-0.25, -0.2) is 4.68 Å². The summed E-state index contributed by atoms with van der Waals surface area (Å²) in [6.07, 6.45) is -0.845. The van der Waals surface area contributed by atoms with Gasteiger partial charge < -0.3 is 9.84 Å². The summed E-state index contributed by atoms with van der Waals surface area (Å²) in [5, 5.41) is 15.2. The van der Waals surface area contributed by atoms with Crippen LogP contribution in [-0.2, 0) is 7.05 Å². The number of aliphatic hydroxyl groups excluding tert-OH is 1. The van der Waals surface area contributed by atoms with Gasteiger partial charge in [0.2, 0.25) is 5.88 Å². The summed E-state index contributed by atoms with van der Waals surface area (Å²) in [6.45, 7) is 1.83. The highest BCUT2D eigenvalue weighted by Crippen LogP contribution is 2.35. The summed E-state index contributed by atoms with van der Waals surface area (Å²) < 4.78 is 6.88. The van der Waals surface area contributed by atoms with Crippen molar-refractivity contribution < 1.29 is 9.84 Å². The Morgan fingerprint density at radius 1 is 1.39 bits per heavy atom. The molecule has 2 rings (SSSR count). The fourth-order valence-corrected chi connectivity index (χ4v) is 2.30. The van der Waals surface area contributed by atoms with Crippen LogP contribution in [0, 0.1) is 6.92 Å². The predicted molar refractivity (Wildman–Crippen MR) is 70.0 cm³/mol. The van der Waals surface area contributed by atoms with Crippen LogP contribution in [0.1, 0.15) is 22.9 Å². The molecule has 0 bridgehead atoms. The third-order valence-electron chi connectivity index (χ3n) is 2.88. The molecule has 1 N–H and O–H groups in total. The van der Waals surface area contributed by atoms with Gasteiger partial charge in [-0.05, 0) is 13.0 Å². The van der Waals surface area contributed by atoms with Crippen LogP contribution in [0.4, 0.5) is 0 Å². The number of methoxy groups -OCH3 is 1. The molecule has 0 radical (unpaired) electrons. The zero-order chi connectivity index (χ0) is 13.3. The van der Waals surface area contributed by atoms with E-state index in [0.717, 1.165) is 5.69 Å². The quantitative estimate of drug-likeness (QED) is 0.928. The second-order valence-corrected chi connectivity index (χ2v) is 4.46. The molecule has 0 saturated heterocycles. The molecule has 2 aromatic rings. The molecule has 1 aromatic heterocycles. The van der Waals surface area contributed by atoms with Crippen molar-refractivity contribution in [2.75, 3.05) is 7.11 Å². The number of aromatic nitrogens is 2. The second kappa shape index (κ2) is 5.00. The third-order valence-corrected chi connectivity index (χ3v) is 3.22. The average Bonchev–Trinajstić information content (AvgIpc) is 2.63. The number of nitrogens with zero attached hydrogens (tertiary/aromatic N) is 2. The first-order valence-corrected chi connectivity index (χ1v) is 5.94. The summed E-state index contributed by atoms with van der Waals surface area (Å²) in [5.74, 6) is 0.542. The van der Waals surface area contributed by atoms with E-state index in [4.69, 9.17) is 16.3 Å². The summed E-state index contributed by atoms with van der Waals surface area (Å²) >= 11 is 6.10. The first-order chi connectivity index (χ1) is 8.56. The van der Waals surface area contributed by atoms with Crippen molar-refractivity contribution in [3.63, 3.8) is 0 Å². The van der Waals surface area contributed by atoms with Crippen molar-refractivity contribution in [3.8, 4) is 5.88 Å². The highest BCUT2D eigenvalue weighted by atomic mass is 35.5. The lowest BCUT2D eigenvalue weighted by Gasteiger charge is -2.14. The Morgan fingerprint density at radius 3 is 2.67 bits per heavy atom. The molecule has 0 fully saturated rings. The van der Waals surface area contributed by atoms with Crippen LogP contribution < -0.4 is 4.74 Å². The van der Waals surface area contributed by atoms with E-state index in [-0.39, 0.29) is 0 Å². The lowest BCUT2D eigenvalue weighted by Crippen LogP contribution is -2.04. The highest BCUT2D eigenvalue weighted by Gasteiger charge is 2.24. The molecule has 0 saturated carbocycles. The SMILES string of the molecule is COc1c(C(O)c2ccccc2Cl)c(C)nn1C. The van der Waals surface area contributed by atoms with Crippen molar-refractivity contribution in [1.82, 2.24) is 9.78 Å². The van der Waals surface area contributed by atoms with Gasteiger partial charge in [0, 0.05) is 17.6 Å². The lowest BCUT2D eigenvalue weighted by atomic mass is 10.0. The monoisotopic (exact) mass is 266 g/mol. The van der Waals surface area contributed by atoms with E-state index in [2.05, 4.69) is 5.10 Å². The van der Waals surface area contributed by atoms with Crippen LogP contribution in [-0.4, -0.2) is 22.0 Å². The van der Waals surface area contributed by atoms with E-state index < -0.39 is 6.10 Å².